The number of hydrogen-bond donors (Lipinski definition) is 0. The van der Waals surface area contributed by atoms with Gasteiger partial charge in [-0.05, 0) is 120 Å². The van der Waals surface area contributed by atoms with Gasteiger partial charge in [0.1, 0.15) is 11.2 Å². The highest BCUT2D eigenvalue weighted by molar-refractivity contribution is 6.17. The van der Waals surface area contributed by atoms with Gasteiger partial charge in [0.25, 0.3) is 0 Å². The molecule has 11 aromatic rings. The van der Waals surface area contributed by atoms with E-state index in [1.165, 1.54) is 65.3 Å². The van der Waals surface area contributed by atoms with Crippen LogP contribution in [0.2, 0.25) is 0 Å². The summed E-state index contributed by atoms with van der Waals surface area (Å²) in [5.74, 6) is 0. The molecule has 0 aliphatic rings. The van der Waals surface area contributed by atoms with Crippen molar-refractivity contribution in [2.24, 2.45) is 0 Å². The Morgan fingerprint density at radius 1 is 0.278 bits per heavy atom. The van der Waals surface area contributed by atoms with Gasteiger partial charge in [-0.15, -0.1) is 0 Å². The number of fused-ring (bicyclic) bond motifs is 9. The zero-order valence-corrected chi connectivity index (χ0v) is 29.4. The van der Waals surface area contributed by atoms with Crippen molar-refractivity contribution in [1.29, 1.82) is 0 Å². The molecule has 0 bridgehead atoms. The zero-order chi connectivity index (χ0) is 35.6. The average molecular weight is 688 g/mol. The molecule has 54 heavy (non-hydrogen) atoms. The second-order valence-electron chi connectivity index (χ2n) is 14.1. The minimum absolute atomic E-state index is 0.887. The first kappa shape index (κ1) is 30.5. The van der Waals surface area contributed by atoms with Gasteiger partial charge in [0, 0.05) is 27.8 Å². The average Bonchev–Trinajstić information content (AvgIpc) is 3.62. The van der Waals surface area contributed by atoms with Crippen LogP contribution in [0.1, 0.15) is 0 Å². The van der Waals surface area contributed by atoms with Crippen LogP contribution in [-0.2, 0) is 0 Å². The predicted molar refractivity (Wildman–Crippen MR) is 229 cm³/mol. The van der Waals surface area contributed by atoms with Crippen LogP contribution >= 0.6 is 0 Å². The summed E-state index contributed by atoms with van der Waals surface area (Å²) in [6, 6.07) is 72.4. The molecule has 0 radical (unpaired) electrons. The number of furan rings is 1. The summed E-state index contributed by atoms with van der Waals surface area (Å²) in [6.45, 7) is 0. The molecule has 0 spiro atoms. The Morgan fingerprint density at radius 2 is 0.815 bits per heavy atom. The van der Waals surface area contributed by atoms with E-state index in [2.05, 4.69) is 193 Å². The lowest BCUT2D eigenvalue weighted by molar-refractivity contribution is 0.669. The van der Waals surface area contributed by atoms with Gasteiger partial charge in [0.2, 0.25) is 0 Å². The number of rotatable bonds is 5. The van der Waals surface area contributed by atoms with Crippen molar-refractivity contribution in [1.82, 2.24) is 0 Å². The van der Waals surface area contributed by atoms with Crippen molar-refractivity contribution in [3.05, 3.63) is 200 Å². The Bertz CT molecular complexity index is 3200. The first-order valence-corrected chi connectivity index (χ1v) is 18.5. The van der Waals surface area contributed by atoms with Gasteiger partial charge in [0.05, 0.1) is 0 Å². The summed E-state index contributed by atoms with van der Waals surface area (Å²) in [4.78, 5) is 2.34. The summed E-state index contributed by atoms with van der Waals surface area (Å²) in [7, 11) is 0. The van der Waals surface area contributed by atoms with Crippen molar-refractivity contribution in [3.63, 3.8) is 0 Å². The number of anilines is 3. The van der Waals surface area contributed by atoms with Crippen LogP contribution in [-0.4, -0.2) is 0 Å². The Balaban J connectivity index is 1.02. The van der Waals surface area contributed by atoms with Crippen LogP contribution in [0.5, 0.6) is 0 Å². The van der Waals surface area contributed by atoms with E-state index in [0.29, 0.717) is 0 Å². The largest absolute Gasteiger partial charge is 0.456 e. The highest BCUT2D eigenvalue weighted by Crippen LogP contribution is 2.41. The Morgan fingerprint density at radius 3 is 1.59 bits per heavy atom. The molecule has 2 nitrogen and oxygen atoms in total. The predicted octanol–water partition coefficient (Wildman–Crippen LogP) is 15.0. The van der Waals surface area contributed by atoms with Crippen molar-refractivity contribution in [3.8, 4) is 22.3 Å². The third-order valence-electron chi connectivity index (χ3n) is 11.0. The monoisotopic (exact) mass is 687 g/mol. The van der Waals surface area contributed by atoms with E-state index in [-0.39, 0.29) is 0 Å². The summed E-state index contributed by atoms with van der Waals surface area (Å²) in [6.07, 6.45) is 0. The second-order valence-corrected chi connectivity index (χ2v) is 14.1. The van der Waals surface area contributed by atoms with Crippen molar-refractivity contribution >= 4 is 82.1 Å². The molecule has 0 amide bonds. The molecule has 1 aromatic heterocycles. The molecule has 252 valence electrons. The van der Waals surface area contributed by atoms with E-state index >= 15 is 0 Å². The van der Waals surface area contributed by atoms with Crippen LogP contribution in [0.4, 0.5) is 17.1 Å². The molecule has 0 fully saturated rings. The molecule has 10 aromatic carbocycles. The first-order chi connectivity index (χ1) is 26.7. The Kier molecular flexibility index (Phi) is 6.90. The Hall–Kier alpha value is -7.16. The minimum Gasteiger partial charge on any atom is -0.456 e. The van der Waals surface area contributed by atoms with Crippen LogP contribution in [0.3, 0.4) is 0 Å². The van der Waals surface area contributed by atoms with Gasteiger partial charge < -0.3 is 9.32 Å². The summed E-state index contributed by atoms with van der Waals surface area (Å²) in [5.41, 5.74) is 9.84. The van der Waals surface area contributed by atoms with Gasteiger partial charge in [-0.3, -0.25) is 0 Å². The lowest BCUT2D eigenvalue weighted by Gasteiger charge is -2.26. The van der Waals surface area contributed by atoms with Crippen LogP contribution in [0, 0.1) is 0 Å². The molecule has 0 aliphatic heterocycles. The summed E-state index contributed by atoms with van der Waals surface area (Å²) >= 11 is 0. The van der Waals surface area contributed by atoms with Crippen LogP contribution < -0.4 is 4.90 Å². The second kappa shape index (κ2) is 12.2. The maximum atomic E-state index is 6.22. The molecule has 0 N–H and O–H groups in total. The highest BCUT2D eigenvalue weighted by Gasteiger charge is 2.17. The molecule has 0 saturated heterocycles. The number of para-hydroxylation sites is 1. The standard InChI is InChI=1S/C52H33NO/c1-3-11-43-35(8-1)10-7-14-44(43)37-20-26-41(27-21-37)53(42-28-31-52-50(33-42)48-13-5-6-15-51(48)54-52)40-24-18-34(19-25-40)39-17-16-38-23-29-46-45-12-4-2-9-36(45)22-30-47(46)49(38)32-39/h1-33H. The van der Waals surface area contributed by atoms with E-state index in [1.54, 1.807) is 0 Å². The fraction of sp³-hybridized carbons (Fsp3) is 0. The van der Waals surface area contributed by atoms with E-state index < -0.39 is 0 Å². The van der Waals surface area contributed by atoms with E-state index in [9.17, 15) is 0 Å². The molecule has 2 heteroatoms. The molecule has 0 atom stereocenters. The van der Waals surface area contributed by atoms with Crippen LogP contribution in [0.25, 0.3) is 87.3 Å². The van der Waals surface area contributed by atoms with E-state index in [4.69, 9.17) is 4.42 Å². The number of benzene rings is 10. The number of hydrogen-bond acceptors (Lipinski definition) is 2. The topological polar surface area (TPSA) is 16.4 Å². The third-order valence-corrected chi connectivity index (χ3v) is 11.0. The van der Waals surface area contributed by atoms with E-state index in [1.807, 2.05) is 12.1 Å². The maximum absolute atomic E-state index is 6.22. The van der Waals surface area contributed by atoms with Crippen LogP contribution in [0.15, 0.2) is 205 Å². The fourth-order valence-corrected chi connectivity index (χ4v) is 8.37. The van der Waals surface area contributed by atoms with Gasteiger partial charge >= 0.3 is 0 Å². The van der Waals surface area contributed by atoms with Gasteiger partial charge in [-0.25, -0.2) is 0 Å². The molecule has 0 saturated carbocycles. The minimum atomic E-state index is 0.887. The smallest absolute Gasteiger partial charge is 0.135 e. The maximum Gasteiger partial charge on any atom is 0.135 e. The van der Waals surface area contributed by atoms with Crippen molar-refractivity contribution < 1.29 is 4.42 Å². The molecular weight excluding hydrogens is 655 g/mol. The summed E-state index contributed by atoms with van der Waals surface area (Å²) in [5, 5.41) is 12.4. The quantitative estimate of drug-likeness (QED) is 0.168. The molecule has 1 heterocycles. The molecule has 11 rings (SSSR count). The van der Waals surface area contributed by atoms with E-state index in [0.717, 1.165) is 39.0 Å². The lowest BCUT2D eigenvalue weighted by Crippen LogP contribution is -2.09. The third kappa shape index (κ3) is 4.96. The Labute approximate surface area is 312 Å². The fourth-order valence-electron chi connectivity index (χ4n) is 8.37. The number of nitrogens with zero attached hydrogens (tertiary/aromatic N) is 1. The highest BCUT2D eigenvalue weighted by atomic mass is 16.3. The van der Waals surface area contributed by atoms with Crippen molar-refractivity contribution in [2.75, 3.05) is 4.90 Å². The zero-order valence-electron chi connectivity index (χ0n) is 29.4. The molecular formula is C52H33NO. The summed E-state index contributed by atoms with van der Waals surface area (Å²) < 4.78 is 6.22. The normalized spacial score (nSPS) is 11.7. The van der Waals surface area contributed by atoms with Crippen molar-refractivity contribution in [2.45, 2.75) is 0 Å². The van der Waals surface area contributed by atoms with Gasteiger partial charge in [0.15, 0.2) is 0 Å². The van der Waals surface area contributed by atoms with Gasteiger partial charge in [-0.2, -0.15) is 0 Å². The SMILES string of the molecule is c1ccc2c(-c3ccc(N(c4ccc(-c5ccc6ccc7c8ccccc8ccc7c6c5)cc4)c4ccc5oc6ccccc6c5c4)cc3)cccc2c1. The first-order valence-electron chi connectivity index (χ1n) is 18.5. The molecule has 0 unspecified atom stereocenters. The van der Waals surface area contributed by atoms with Gasteiger partial charge in [-0.1, -0.05) is 146 Å². The lowest BCUT2D eigenvalue weighted by atomic mass is 9.94. The molecule has 0 aliphatic carbocycles.